The van der Waals surface area contributed by atoms with Gasteiger partial charge in [0.2, 0.25) is 0 Å². The number of hydrogen-bond donors (Lipinski definition) is 1. The van der Waals surface area contributed by atoms with Crippen molar-refractivity contribution in [1.82, 2.24) is 24.6 Å². The van der Waals surface area contributed by atoms with Crippen molar-refractivity contribution in [3.63, 3.8) is 0 Å². The molecule has 3 aliphatic rings. The second kappa shape index (κ2) is 13.6. The van der Waals surface area contributed by atoms with Crippen LogP contribution in [0.2, 0.25) is 0 Å². The predicted molar refractivity (Wildman–Crippen MR) is 143 cm³/mol. The SMILES string of the molecule is CN1CCN(CCOCCN2CCN(CCOCCN3CCN(C)CC3)c3ncc(N)cc32)CC1. The summed E-state index contributed by atoms with van der Waals surface area (Å²) in [4.78, 5) is 19.1. The Bertz CT molecular complexity index is 753. The maximum atomic E-state index is 6.10. The fourth-order valence-electron chi connectivity index (χ4n) is 4.94. The van der Waals surface area contributed by atoms with Crippen LogP contribution in [0.15, 0.2) is 12.3 Å². The van der Waals surface area contributed by atoms with E-state index in [1.807, 2.05) is 6.07 Å². The number of likely N-dealkylation sites (N-methyl/N-ethyl adjacent to an activating group) is 2. The van der Waals surface area contributed by atoms with E-state index in [-0.39, 0.29) is 0 Å². The van der Waals surface area contributed by atoms with Crippen molar-refractivity contribution in [2.24, 2.45) is 0 Å². The summed E-state index contributed by atoms with van der Waals surface area (Å²) in [7, 11) is 4.38. The van der Waals surface area contributed by atoms with E-state index in [0.29, 0.717) is 12.3 Å². The number of aromatic nitrogens is 1. The van der Waals surface area contributed by atoms with E-state index in [1.165, 1.54) is 0 Å². The maximum Gasteiger partial charge on any atom is 0.152 e. The van der Waals surface area contributed by atoms with Gasteiger partial charge in [-0.1, -0.05) is 0 Å². The molecule has 0 unspecified atom stereocenters. The molecule has 3 aliphatic heterocycles. The molecule has 2 saturated heterocycles. The van der Waals surface area contributed by atoms with Gasteiger partial charge < -0.3 is 34.8 Å². The maximum absolute atomic E-state index is 6.10. The number of rotatable bonds is 12. The zero-order valence-electron chi connectivity index (χ0n) is 21.9. The highest BCUT2D eigenvalue weighted by Crippen LogP contribution is 2.32. The number of ether oxygens (including phenoxy) is 2. The van der Waals surface area contributed by atoms with E-state index in [2.05, 4.69) is 48.5 Å². The highest BCUT2D eigenvalue weighted by atomic mass is 16.5. The molecule has 0 bridgehead atoms. The molecule has 0 saturated carbocycles. The summed E-state index contributed by atoms with van der Waals surface area (Å²) < 4.78 is 12.0. The van der Waals surface area contributed by atoms with Gasteiger partial charge in [-0.2, -0.15) is 0 Å². The summed E-state index contributed by atoms with van der Waals surface area (Å²) in [6.07, 6.45) is 1.76. The number of pyridine rings is 1. The van der Waals surface area contributed by atoms with Crippen LogP contribution < -0.4 is 15.5 Å². The lowest BCUT2D eigenvalue weighted by atomic mass is 10.2. The van der Waals surface area contributed by atoms with Crippen molar-refractivity contribution in [3.8, 4) is 0 Å². The molecule has 35 heavy (non-hydrogen) atoms. The lowest BCUT2D eigenvalue weighted by Gasteiger charge is -2.38. The van der Waals surface area contributed by atoms with Gasteiger partial charge in [-0.3, -0.25) is 9.80 Å². The van der Waals surface area contributed by atoms with Crippen molar-refractivity contribution >= 4 is 17.2 Å². The van der Waals surface area contributed by atoms with Gasteiger partial charge in [0.25, 0.3) is 0 Å². The minimum Gasteiger partial charge on any atom is -0.397 e. The van der Waals surface area contributed by atoms with Gasteiger partial charge in [-0.25, -0.2) is 4.98 Å². The summed E-state index contributed by atoms with van der Waals surface area (Å²) >= 11 is 0. The number of nitrogen functional groups attached to an aromatic ring is 1. The normalized spacial score (nSPS) is 21.0. The van der Waals surface area contributed by atoms with Crippen molar-refractivity contribution in [2.75, 3.05) is 148 Å². The molecule has 1 aromatic heterocycles. The number of hydrogen-bond acceptors (Lipinski definition) is 10. The van der Waals surface area contributed by atoms with E-state index in [0.717, 1.165) is 123 Å². The Balaban J connectivity index is 1.16. The third kappa shape index (κ3) is 8.16. The fraction of sp³-hybridized carbons (Fsp3) is 0.800. The van der Waals surface area contributed by atoms with Crippen LogP contribution in [0.4, 0.5) is 17.2 Å². The van der Waals surface area contributed by atoms with E-state index in [9.17, 15) is 0 Å². The van der Waals surface area contributed by atoms with Crippen molar-refractivity contribution in [1.29, 1.82) is 0 Å². The number of nitrogens with two attached hydrogens (primary N) is 1. The minimum atomic E-state index is 0.704. The van der Waals surface area contributed by atoms with Crippen LogP contribution in [0.25, 0.3) is 0 Å². The summed E-state index contributed by atoms with van der Waals surface area (Å²) in [5.74, 6) is 1.01. The van der Waals surface area contributed by atoms with Gasteiger partial charge in [0.1, 0.15) is 0 Å². The molecule has 198 valence electrons. The Kier molecular flexibility index (Phi) is 10.2. The Hall–Kier alpha value is -1.69. The van der Waals surface area contributed by atoms with Gasteiger partial charge >= 0.3 is 0 Å². The molecule has 0 spiro atoms. The molecular weight excluding hydrogens is 444 g/mol. The molecule has 10 heteroatoms. The van der Waals surface area contributed by atoms with Crippen molar-refractivity contribution < 1.29 is 9.47 Å². The number of fused-ring (bicyclic) bond motifs is 1. The molecule has 2 N–H and O–H groups in total. The predicted octanol–water partition coefficient (Wildman–Crippen LogP) is -0.182. The molecule has 10 nitrogen and oxygen atoms in total. The smallest absolute Gasteiger partial charge is 0.152 e. The molecule has 0 radical (unpaired) electrons. The number of anilines is 3. The molecule has 0 atom stereocenters. The van der Waals surface area contributed by atoms with Crippen molar-refractivity contribution in [3.05, 3.63) is 12.3 Å². The Morgan fingerprint density at radius 3 is 1.74 bits per heavy atom. The highest BCUT2D eigenvalue weighted by molar-refractivity contribution is 5.72. The Labute approximate surface area is 211 Å². The van der Waals surface area contributed by atoms with Gasteiger partial charge in [-0.15, -0.1) is 0 Å². The molecule has 2 fully saturated rings. The van der Waals surface area contributed by atoms with Crippen LogP contribution in [0.3, 0.4) is 0 Å². The summed E-state index contributed by atoms with van der Waals surface area (Å²) in [6, 6.07) is 2.05. The van der Waals surface area contributed by atoms with Gasteiger partial charge in [0, 0.05) is 91.6 Å². The molecule has 0 aromatic carbocycles. The first-order valence-corrected chi connectivity index (χ1v) is 13.3. The average Bonchev–Trinajstić information content (AvgIpc) is 2.86. The second-order valence-electron chi connectivity index (χ2n) is 10.1. The minimum absolute atomic E-state index is 0.704. The highest BCUT2D eigenvalue weighted by Gasteiger charge is 2.24. The van der Waals surface area contributed by atoms with Gasteiger partial charge in [0.15, 0.2) is 5.82 Å². The fourth-order valence-corrected chi connectivity index (χ4v) is 4.94. The average molecular weight is 491 g/mol. The van der Waals surface area contributed by atoms with Crippen LogP contribution in [0.5, 0.6) is 0 Å². The molecule has 4 heterocycles. The standard InChI is InChI=1S/C25H46N8O2/c1-28-3-7-30(8-4-28)13-17-34-19-15-32-11-12-33(25-24(32)21-23(26)22-27-25)16-20-35-18-14-31-9-5-29(2)6-10-31/h21-22H,3-20,26H2,1-2H3. The topological polar surface area (TPSA) is 76.8 Å². The van der Waals surface area contributed by atoms with E-state index >= 15 is 0 Å². The second-order valence-corrected chi connectivity index (χ2v) is 10.1. The third-order valence-electron chi connectivity index (χ3n) is 7.46. The number of nitrogens with zero attached hydrogens (tertiary/aromatic N) is 7. The molecule has 4 rings (SSSR count). The van der Waals surface area contributed by atoms with Gasteiger partial charge in [-0.05, 0) is 20.2 Å². The van der Waals surface area contributed by atoms with Crippen LogP contribution in [0.1, 0.15) is 0 Å². The zero-order valence-corrected chi connectivity index (χ0v) is 21.9. The summed E-state index contributed by atoms with van der Waals surface area (Å²) in [5.41, 5.74) is 7.91. The Morgan fingerprint density at radius 2 is 1.17 bits per heavy atom. The first kappa shape index (κ1) is 26.4. The van der Waals surface area contributed by atoms with E-state index in [4.69, 9.17) is 15.2 Å². The van der Waals surface area contributed by atoms with Crippen LogP contribution in [0, 0.1) is 0 Å². The molecule has 0 aliphatic carbocycles. The quantitative estimate of drug-likeness (QED) is 0.399. The first-order chi connectivity index (χ1) is 17.1. The van der Waals surface area contributed by atoms with Crippen LogP contribution in [-0.2, 0) is 9.47 Å². The monoisotopic (exact) mass is 490 g/mol. The summed E-state index contributed by atoms with van der Waals surface area (Å²) in [5, 5.41) is 0. The number of piperazine rings is 2. The van der Waals surface area contributed by atoms with Gasteiger partial charge in [0.05, 0.1) is 44.0 Å². The lowest BCUT2D eigenvalue weighted by Crippen LogP contribution is -2.46. The molecular formula is C25H46N8O2. The largest absolute Gasteiger partial charge is 0.397 e. The molecule has 1 aromatic rings. The van der Waals surface area contributed by atoms with Crippen LogP contribution >= 0.6 is 0 Å². The van der Waals surface area contributed by atoms with E-state index in [1.54, 1.807) is 6.20 Å². The van der Waals surface area contributed by atoms with Crippen LogP contribution in [-0.4, -0.2) is 157 Å². The lowest BCUT2D eigenvalue weighted by molar-refractivity contribution is 0.0840. The van der Waals surface area contributed by atoms with Crippen molar-refractivity contribution in [2.45, 2.75) is 0 Å². The Morgan fingerprint density at radius 1 is 0.686 bits per heavy atom. The van der Waals surface area contributed by atoms with E-state index < -0.39 is 0 Å². The summed E-state index contributed by atoms with van der Waals surface area (Å²) in [6.45, 7) is 17.8. The first-order valence-electron chi connectivity index (χ1n) is 13.3. The molecule has 0 amide bonds. The third-order valence-corrected chi connectivity index (χ3v) is 7.46. The zero-order chi connectivity index (χ0) is 24.5.